The number of hydrogen-bond acceptors (Lipinski definition) is 3. The number of nitrogens with zero attached hydrogens (tertiary/aromatic N) is 1. The summed E-state index contributed by atoms with van der Waals surface area (Å²) in [4.78, 5) is 24.1. The fourth-order valence-electron chi connectivity index (χ4n) is 0.892. The quantitative estimate of drug-likeness (QED) is 0.583. The smallest absolute Gasteiger partial charge is 0.241 e. The Morgan fingerprint density at radius 3 is 2.67 bits per heavy atom. The van der Waals surface area contributed by atoms with Gasteiger partial charge >= 0.3 is 0 Å². The van der Waals surface area contributed by atoms with Crippen LogP contribution >= 0.6 is 0 Å². The van der Waals surface area contributed by atoms with Crippen molar-refractivity contribution >= 4 is 11.8 Å². The molecule has 0 aromatic heterocycles. The Kier molecular flexibility index (Phi) is 6.37. The topological polar surface area (TPSA) is 75.4 Å². The van der Waals surface area contributed by atoms with E-state index in [1.54, 1.807) is 13.1 Å². The number of nitrogens with two attached hydrogens (primary N) is 1. The minimum atomic E-state index is -0.623. The van der Waals surface area contributed by atoms with Crippen LogP contribution in [0.25, 0.3) is 0 Å². The van der Waals surface area contributed by atoms with Crippen LogP contribution in [0.5, 0.6) is 0 Å². The average Bonchev–Trinajstić information content (AvgIpc) is 2.24. The van der Waals surface area contributed by atoms with Gasteiger partial charge in [0.05, 0.1) is 12.6 Å². The second-order valence-corrected chi connectivity index (χ2v) is 3.26. The summed E-state index contributed by atoms with van der Waals surface area (Å²) in [7, 11) is 1.68. The number of hydrogen-bond donors (Lipinski definition) is 2. The first kappa shape index (κ1) is 13.6. The lowest BCUT2D eigenvalue weighted by Crippen LogP contribution is -2.45. The van der Waals surface area contributed by atoms with Crippen LogP contribution in [0.3, 0.4) is 0 Å². The molecule has 0 aliphatic heterocycles. The van der Waals surface area contributed by atoms with Crippen molar-refractivity contribution in [2.24, 2.45) is 5.73 Å². The third kappa shape index (κ3) is 5.17. The fourth-order valence-corrected chi connectivity index (χ4v) is 0.892. The number of rotatable bonds is 6. The Bertz CT molecular complexity index is 241. The molecule has 86 valence electrons. The van der Waals surface area contributed by atoms with E-state index in [2.05, 4.69) is 11.9 Å². The Morgan fingerprint density at radius 1 is 1.60 bits per heavy atom. The number of carbonyl (C=O) groups is 2. The summed E-state index contributed by atoms with van der Waals surface area (Å²) in [5, 5.41) is 2.48. The maximum absolute atomic E-state index is 11.3. The molecule has 2 amide bonds. The highest BCUT2D eigenvalue weighted by Gasteiger charge is 2.13. The lowest BCUT2D eigenvalue weighted by Gasteiger charge is -2.15. The largest absolute Gasteiger partial charge is 0.346 e. The van der Waals surface area contributed by atoms with E-state index in [-0.39, 0.29) is 18.4 Å². The monoisotopic (exact) mass is 213 g/mol. The van der Waals surface area contributed by atoms with Gasteiger partial charge in [-0.2, -0.15) is 0 Å². The van der Waals surface area contributed by atoms with Crippen LogP contribution in [0.4, 0.5) is 0 Å². The van der Waals surface area contributed by atoms with Gasteiger partial charge in [0.15, 0.2) is 0 Å². The Labute approximate surface area is 90.3 Å². The molecule has 0 saturated heterocycles. The molecular weight excluding hydrogens is 194 g/mol. The predicted octanol–water partition coefficient (Wildman–Crippen LogP) is -0.516. The molecule has 3 N–H and O–H groups in total. The zero-order valence-electron chi connectivity index (χ0n) is 9.32. The van der Waals surface area contributed by atoms with E-state index in [0.29, 0.717) is 13.0 Å². The molecule has 1 unspecified atom stereocenters. The molecule has 5 heteroatoms. The Balaban J connectivity index is 3.89. The van der Waals surface area contributed by atoms with Crippen molar-refractivity contribution in [3.63, 3.8) is 0 Å². The Morgan fingerprint density at radius 2 is 2.20 bits per heavy atom. The molecule has 0 heterocycles. The summed E-state index contributed by atoms with van der Waals surface area (Å²) in [5.41, 5.74) is 5.51. The van der Waals surface area contributed by atoms with Crippen molar-refractivity contribution in [2.75, 3.05) is 20.1 Å². The summed E-state index contributed by atoms with van der Waals surface area (Å²) in [6.45, 7) is 5.96. The SMILES string of the molecule is C=CCC(N)C(=O)NCC(=O)N(C)CC. The first-order chi connectivity index (χ1) is 7.02. The number of carbonyl (C=O) groups excluding carboxylic acids is 2. The van der Waals surface area contributed by atoms with Gasteiger partial charge in [-0.1, -0.05) is 6.08 Å². The van der Waals surface area contributed by atoms with E-state index in [1.807, 2.05) is 6.92 Å². The molecule has 1 atom stereocenters. The summed E-state index contributed by atoms with van der Waals surface area (Å²) in [6, 6.07) is -0.623. The molecule has 0 rings (SSSR count). The van der Waals surface area contributed by atoms with Crippen LogP contribution < -0.4 is 11.1 Å². The number of likely N-dealkylation sites (N-methyl/N-ethyl adjacent to an activating group) is 1. The molecule has 15 heavy (non-hydrogen) atoms. The van der Waals surface area contributed by atoms with Crippen LogP contribution in [-0.2, 0) is 9.59 Å². The van der Waals surface area contributed by atoms with E-state index >= 15 is 0 Å². The van der Waals surface area contributed by atoms with E-state index in [9.17, 15) is 9.59 Å². The van der Waals surface area contributed by atoms with Crippen molar-refractivity contribution in [1.29, 1.82) is 0 Å². The first-order valence-electron chi connectivity index (χ1n) is 4.91. The van der Waals surface area contributed by atoms with Crippen LogP contribution in [0.2, 0.25) is 0 Å². The van der Waals surface area contributed by atoms with Crippen LogP contribution in [-0.4, -0.2) is 42.9 Å². The van der Waals surface area contributed by atoms with Gasteiger partial charge in [-0.05, 0) is 13.3 Å². The summed E-state index contributed by atoms with van der Waals surface area (Å²) >= 11 is 0. The zero-order chi connectivity index (χ0) is 11.8. The normalized spacial score (nSPS) is 11.7. The van der Waals surface area contributed by atoms with Gasteiger partial charge in [-0.3, -0.25) is 9.59 Å². The van der Waals surface area contributed by atoms with Crippen molar-refractivity contribution in [1.82, 2.24) is 10.2 Å². The van der Waals surface area contributed by atoms with Crippen LogP contribution in [0, 0.1) is 0 Å². The van der Waals surface area contributed by atoms with Gasteiger partial charge < -0.3 is 16.0 Å². The molecular formula is C10H19N3O2. The molecule has 0 spiro atoms. The summed E-state index contributed by atoms with van der Waals surface area (Å²) in [5.74, 6) is -0.454. The standard InChI is InChI=1S/C10H19N3O2/c1-4-6-8(11)10(15)12-7-9(14)13(3)5-2/h4,8H,1,5-7,11H2,2-3H3,(H,12,15). The highest BCUT2D eigenvalue weighted by Crippen LogP contribution is 1.89. The molecule has 0 aromatic rings. The van der Waals surface area contributed by atoms with Gasteiger partial charge in [0.1, 0.15) is 0 Å². The van der Waals surface area contributed by atoms with Gasteiger partial charge in [-0.25, -0.2) is 0 Å². The summed E-state index contributed by atoms with van der Waals surface area (Å²) in [6.07, 6.45) is 1.98. The Hall–Kier alpha value is -1.36. The lowest BCUT2D eigenvalue weighted by molar-refractivity contribution is -0.132. The van der Waals surface area contributed by atoms with E-state index in [1.165, 1.54) is 4.90 Å². The summed E-state index contributed by atoms with van der Waals surface area (Å²) < 4.78 is 0. The van der Waals surface area contributed by atoms with Gasteiger partial charge in [-0.15, -0.1) is 6.58 Å². The minimum Gasteiger partial charge on any atom is -0.346 e. The minimum absolute atomic E-state index is 0.00594. The average molecular weight is 213 g/mol. The number of nitrogens with one attached hydrogen (secondary N) is 1. The third-order valence-electron chi connectivity index (χ3n) is 2.07. The number of amides is 2. The lowest BCUT2D eigenvalue weighted by atomic mass is 10.2. The molecule has 0 aliphatic carbocycles. The van der Waals surface area contributed by atoms with Crippen LogP contribution in [0.1, 0.15) is 13.3 Å². The third-order valence-corrected chi connectivity index (χ3v) is 2.07. The van der Waals surface area contributed by atoms with Crippen LogP contribution in [0.15, 0.2) is 12.7 Å². The first-order valence-corrected chi connectivity index (χ1v) is 4.91. The van der Waals surface area contributed by atoms with Crippen molar-refractivity contribution in [3.05, 3.63) is 12.7 Å². The molecule has 0 aromatic carbocycles. The molecule has 0 bridgehead atoms. The maximum Gasteiger partial charge on any atom is 0.241 e. The zero-order valence-corrected chi connectivity index (χ0v) is 9.32. The molecule has 0 saturated carbocycles. The maximum atomic E-state index is 11.3. The van der Waals surface area contributed by atoms with Crippen molar-refractivity contribution in [2.45, 2.75) is 19.4 Å². The van der Waals surface area contributed by atoms with E-state index in [0.717, 1.165) is 0 Å². The van der Waals surface area contributed by atoms with Gasteiger partial charge in [0.2, 0.25) is 11.8 Å². The van der Waals surface area contributed by atoms with Gasteiger partial charge in [0, 0.05) is 13.6 Å². The second kappa shape index (κ2) is 7.00. The fraction of sp³-hybridized carbons (Fsp3) is 0.600. The molecule has 0 radical (unpaired) electrons. The molecule has 0 fully saturated rings. The van der Waals surface area contributed by atoms with E-state index < -0.39 is 6.04 Å². The van der Waals surface area contributed by atoms with Crippen molar-refractivity contribution < 1.29 is 9.59 Å². The molecule has 0 aliphatic rings. The van der Waals surface area contributed by atoms with Crippen molar-refractivity contribution in [3.8, 4) is 0 Å². The second-order valence-electron chi connectivity index (χ2n) is 3.26. The van der Waals surface area contributed by atoms with Gasteiger partial charge in [0.25, 0.3) is 0 Å². The predicted molar refractivity (Wildman–Crippen MR) is 59.1 cm³/mol. The molecule has 5 nitrogen and oxygen atoms in total. The highest BCUT2D eigenvalue weighted by molar-refractivity contribution is 5.87. The highest BCUT2D eigenvalue weighted by atomic mass is 16.2. The van der Waals surface area contributed by atoms with E-state index in [4.69, 9.17) is 5.73 Å².